The van der Waals surface area contributed by atoms with Crippen molar-refractivity contribution in [2.75, 3.05) is 56.2 Å². The topological polar surface area (TPSA) is 69.9 Å². The first-order valence-corrected chi connectivity index (χ1v) is 15.1. The van der Waals surface area contributed by atoms with Crippen molar-refractivity contribution in [1.82, 2.24) is 9.80 Å². The molecule has 6 nitrogen and oxygen atoms in total. The molecule has 1 atom stereocenters. The number of nitrogens with zero attached hydrogens (tertiary/aromatic N) is 3. The van der Waals surface area contributed by atoms with Crippen LogP contribution in [0.25, 0.3) is 0 Å². The number of para-hydroxylation sites is 1. The fraction of sp³-hybridized carbons (Fsp3) is 0.517. The zero-order chi connectivity index (χ0) is 26.2. The second-order valence-electron chi connectivity index (χ2n) is 10.1. The Hall–Kier alpha value is -2.22. The van der Waals surface area contributed by atoms with Crippen LogP contribution in [0.1, 0.15) is 42.9 Å². The Morgan fingerprint density at radius 3 is 2.43 bits per heavy atom. The molecule has 4 rings (SSSR count). The van der Waals surface area contributed by atoms with Crippen LogP contribution in [0.5, 0.6) is 0 Å². The van der Waals surface area contributed by atoms with Gasteiger partial charge in [0.25, 0.3) is 0 Å². The van der Waals surface area contributed by atoms with Gasteiger partial charge in [0.1, 0.15) is 6.04 Å². The number of carbonyl (C=O) groups is 2. The summed E-state index contributed by atoms with van der Waals surface area (Å²) in [6, 6.07) is 15.4. The van der Waals surface area contributed by atoms with E-state index < -0.39 is 6.04 Å². The van der Waals surface area contributed by atoms with Gasteiger partial charge in [-0.1, -0.05) is 41.9 Å². The Balaban J connectivity index is 1.41. The van der Waals surface area contributed by atoms with E-state index in [2.05, 4.69) is 28.2 Å². The minimum Gasteiger partial charge on any atom is -0.368 e. The second kappa shape index (κ2) is 13.5. The molecule has 2 N–H and O–H groups in total. The van der Waals surface area contributed by atoms with Gasteiger partial charge < -0.3 is 15.5 Å². The molecule has 0 spiro atoms. The summed E-state index contributed by atoms with van der Waals surface area (Å²) < 4.78 is 0. The van der Waals surface area contributed by atoms with Gasteiger partial charge in [-0.05, 0) is 67.4 Å². The summed E-state index contributed by atoms with van der Waals surface area (Å²) in [7, 11) is 0. The molecule has 200 valence electrons. The Bertz CT molecular complexity index is 1040. The summed E-state index contributed by atoms with van der Waals surface area (Å²) in [5, 5.41) is 0.709. The van der Waals surface area contributed by atoms with Crippen molar-refractivity contribution in [2.24, 2.45) is 11.7 Å². The first-order chi connectivity index (χ1) is 18.0. The van der Waals surface area contributed by atoms with Crippen molar-refractivity contribution in [3.8, 4) is 0 Å². The van der Waals surface area contributed by atoms with Gasteiger partial charge in [-0.3, -0.25) is 14.5 Å². The summed E-state index contributed by atoms with van der Waals surface area (Å²) in [6.45, 7) is 4.62. The summed E-state index contributed by atoms with van der Waals surface area (Å²) in [5.41, 5.74) is 9.23. The fourth-order valence-corrected chi connectivity index (χ4v) is 5.71. The summed E-state index contributed by atoms with van der Waals surface area (Å²) in [6.07, 6.45) is 6.84. The molecule has 37 heavy (non-hydrogen) atoms. The number of thioether (sulfide) groups is 1. The molecule has 1 saturated heterocycles. The predicted octanol–water partition coefficient (Wildman–Crippen LogP) is 4.61. The lowest BCUT2D eigenvalue weighted by Gasteiger charge is -2.39. The Morgan fingerprint density at radius 1 is 1.08 bits per heavy atom. The van der Waals surface area contributed by atoms with E-state index in [-0.39, 0.29) is 11.8 Å². The minimum absolute atomic E-state index is 0.183. The molecule has 8 heteroatoms. The standard InChI is InChI=1S/C29H39ClN4O2S/c1-37-20-4-15-34(21-23-7-8-23)28(29(31)36)25-5-2-3-6-26(25)32-16-18-33(19-17-32)27(35)14-11-22-9-12-24(30)13-10-22/h2-3,5-6,9-10,12-13,23,28H,4,7-8,11,14-21H2,1H3,(H2,31,36). The van der Waals surface area contributed by atoms with Gasteiger partial charge in [0.2, 0.25) is 11.8 Å². The number of halogens is 1. The molecule has 2 fully saturated rings. The Morgan fingerprint density at radius 2 is 1.78 bits per heavy atom. The first kappa shape index (κ1) is 27.8. The largest absolute Gasteiger partial charge is 0.368 e. The first-order valence-electron chi connectivity index (χ1n) is 13.3. The van der Waals surface area contributed by atoms with Crippen LogP contribution in [-0.2, 0) is 16.0 Å². The number of piperazine rings is 1. The number of nitrogens with two attached hydrogens (primary N) is 1. The normalized spacial score (nSPS) is 16.7. The van der Waals surface area contributed by atoms with E-state index in [0.29, 0.717) is 36.9 Å². The van der Waals surface area contributed by atoms with Gasteiger partial charge in [0, 0.05) is 62.0 Å². The third-order valence-electron chi connectivity index (χ3n) is 7.36. The number of primary amides is 1. The average Bonchev–Trinajstić information content (AvgIpc) is 3.73. The van der Waals surface area contributed by atoms with Gasteiger partial charge in [0.15, 0.2) is 0 Å². The summed E-state index contributed by atoms with van der Waals surface area (Å²) in [4.78, 5) is 32.3. The molecule has 2 aromatic rings. The van der Waals surface area contributed by atoms with Crippen LogP contribution in [0.15, 0.2) is 48.5 Å². The molecule has 1 heterocycles. The van der Waals surface area contributed by atoms with Gasteiger partial charge in [-0.2, -0.15) is 11.8 Å². The molecule has 2 amide bonds. The maximum absolute atomic E-state index is 12.9. The quantitative estimate of drug-likeness (QED) is 0.374. The lowest BCUT2D eigenvalue weighted by atomic mass is 10.00. The fourth-order valence-electron chi connectivity index (χ4n) is 5.16. The van der Waals surface area contributed by atoms with Gasteiger partial charge in [-0.15, -0.1) is 0 Å². The van der Waals surface area contributed by atoms with Crippen LogP contribution in [-0.4, -0.2) is 72.9 Å². The van der Waals surface area contributed by atoms with Crippen molar-refractivity contribution in [1.29, 1.82) is 0 Å². The van der Waals surface area contributed by atoms with E-state index in [1.807, 2.05) is 53.1 Å². The number of hydrogen-bond acceptors (Lipinski definition) is 5. The smallest absolute Gasteiger partial charge is 0.239 e. The maximum Gasteiger partial charge on any atom is 0.239 e. The summed E-state index contributed by atoms with van der Waals surface area (Å²) in [5.74, 6) is 1.64. The third-order valence-corrected chi connectivity index (χ3v) is 8.31. The van der Waals surface area contributed by atoms with Crippen LogP contribution in [0.4, 0.5) is 5.69 Å². The van der Waals surface area contributed by atoms with Crippen LogP contribution < -0.4 is 10.6 Å². The monoisotopic (exact) mass is 542 g/mol. The lowest BCUT2D eigenvalue weighted by molar-refractivity contribution is -0.131. The van der Waals surface area contributed by atoms with Crippen molar-refractivity contribution < 1.29 is 9.59 Å². The van der Waals surface area contributed by atoms with Crippen LogP contribution in [0.2, 0.25) is 5.02 Å². The van der Waals surface area contributed by atoms with Crippen LogP contribution in [0.3, 0.4) is 0 Å². The molecule has 0 radical (unpaired) electrons. The van der Waals surface area contributed by atoms with Crippen LogP contribution in [0, 0.1) is 5.92 Å². The highest BCUT2D eigenvalue weighted by Gasteiger charge is 2.34. The zero-order valence-electron chi connectivity index (χ0n) is 21.8. The molecule has 1 aliphatic heterocycles. The Labute approximate surface area is 230 Å². The molecular weight excluding hydrogens is 504 g/mol. The number of benzene rings is 2. The molecule has 1 unspecified atom stereocenters. The molecule has 2 aliphatic rings. The average molecular weight is 543 g/mol. The zero-order valence-corrected chi connectivity index (χ0v) is 23.4. The molecule has 2 aromatic carbocycles. The van der Waals surface area contributed by atoms with E-state index in [9.17, 15) is 9.59 Å². The predicted molar refractivity (Wildman–Crippen MR) is 154 cm³/mol. The van der Waals surface area contributed by atoms with Gasteiger partial charge in [-0.25, -0.2) is 0 Å². The van der Waals surface area contributed by atoms with Crippen molar-refractivity contribution in [3.05, 3.63) is 64.7 Å². The van der Waals surface area contributed by atoms with Crippen molar-refractivity contribution in [2.45, 2.75) is 38.1 Å². The summed E-state index contributed by atoms with van der Waals surface area (Å²) >= 11 is 7.81. The lowest BCUT2D eigenvalue weighted by Crippen LogP contribution is -2.49. The van der Waals surface area contributed by atoms with E-state index >= 15 is 0 Å². The third kappa shape index (κ3) is 7.88. The Kier molecular flexibility index (Phi) is 10.2. The molecule has 1 aliphatic carbocycles. The number of anilines is 1. The molecular formula is C29H39ClN4O2S. The number of rotatable bonds is 13. The van der Waals surface area contributed by atoms with E-state index in [4.69, 9.17) is 17.3 Å². The van der Waals surface area contributed by atoms with Crippen LogP contribution >= 0.6 is 23.4 Å². The minimum atomic E-state index is -0.433. The SMILES string of the molecule is CSCCCN(CC1CC1)C(C(N)=O)c1ccccc1N1CCN(C(=O)CCc2ccc(Cl)cc2)CC1. The number of aryl methyl sites for hydroxylation is 1. The maximum atomic E-state index is 12.9. The van der Waals surface area contributed by atoms with E-state index in [1.54, 1.807) is 0 Å². The van der Waals surface area contributed by atoms with Crippen molar-refractivity contribution >= 4 is 40.9 Å². The van der Waals surface area contributed by atoms with E-state index in [1.165, 1.54) is 12.8 Å². The van der Waals surface area contributed by atoms with Gasteiger partial charge in [0.05, 0.1) is 0 Å². The molecule has 1 saturated carbocycles. The number of hydrogen-bond donors (Lipinski definition) is 1. The second-order valence-corrected chi connectivity index (χ2v) is 11.6. The van der Waals surface area contributed by atoms with Gasteiger partial charge >= 0.3 is 0 Å². The molecule has 0 bridgehead atoms. The van der Waals surface area contributed by atoms with E-state index in [0.717, 1.165) is 55.2 Å². The number of carbonyl (C=O) groups excluding carboxylic acids is 2. The highest BCUT2D eigenvalue weighted by Crippen LogP contribution is 2.36. The highest BCUT2D eigenvalue weighted by molar-refractivity contribution is 7.98. The highest BCUT2D eigenvalue weighted by atomic mass is 35.5. The number of amides is 2. The molecule has 0 aromatic heterocycles. The van der Waals surface area contributed by atoms with Crippen molar-refractivity contribution in [3.63, 3.8) is 0 Å².